The van der Waals surface area contributed by atoms with Crippen LogP contribution in [0, 0.1) is 0 Å². The van der Waals surface area contributed by atoms with E-state index >= 15 is 0 Å². The van der Waals surface area contributed by atoms with E-state index in [-0.39, 0.29) is 5.78 Å². The Morgan fingerprint density at radius 1 is 1.25 bits per heavy atom. The SMILES string of the molecule is C/C=C\C/C=C\CCC(=O)[C@H]1O[C@@H]1C(N)=O. The largest absolute Gasteiger partial charge is 0.367 e. The molecule has 88 valence electrons. The molecule has 4 nitrogen and oxygen atoms in total. The average molecular weight is 223 g/mol. The van der Waals surface area contributed by atoms with Gasteiger partial charge in [0, 0.05) is 6.42 Å². The molecule has 1 rings (SSSR count). The molecule has 0 unspecified atom stereocenters. The van der Waals surface area contributed by atoms with Crippen molar-refractivity contribution in [3.8, 4) is 0 Å². The summed E-state index contributed by atoms with van der Waals surface area (Å²) in [5.41, 5.74) is 5.00. The molecule has 1 saturated heterocycles. The molecule has 1 amide bonds. The fourth-order valence-electron chi connectivity index (χ4n) is 1.37. The zero-order valence-electron chi connectivity index (χ0n) is 9.39. The van der Waals surface area contributed by atoms with Crippen LogP contribution in [0.25, 0.3) is 0 Å². The molecule has 1 aliphatic rings. The van der Waals surface area contributed by atoms with Gasteiger partial charge in [0.1, 0.15) is 0 Å². The summed E-state index contributed by atoms with van der Waals surface area (Å²) in [4.78, 5) is 22.1. The van der Waals surface area contributed by atoms with Gasteiger partial charge in [0.05, 0.1) is 0 Å². The molecule has 0 radical (unpaired) electrons. The predicted octanol–water partition coefficient (Wildman–Crippen LogP) is 1.11. The molecule has 16 heavy (non-hydrogen) atoms. The van der Waals surface area contributed by atoms with Crippen LogP contribution in [0.15, 0.2) is 24.3 Å². The molecule has 0 aromatic rings. The quantitative estimate of drug-likeness (QED) is 0.519. The first-order valence-electron chi connectivity index (χ1n) is 5.40. The second-order valence-corrected chi connectivity index (χ2v) is 3.66. The summed E-state index contributed by atoms with van der Waals surface area (Å²) >= 11 is 0. The number of ether oxygens (including phenoxy) is 1. The summed E-state index contributed by atoms with van der Waals surface area (Å²) in [5.74, 6) is -0.596. The lowest BCUT2D eigenvalue weighted by Crippen LogP contribution is -2.22. The maximum absolute atomic E-state index is 11.4. The maximum Gasteiger partial charge on any atom is 0.249 e. The van der Waals surface area contributed by atoms with E-state index in [1.165, 1.54) is 0 Å². The number of amides is 1. The lowest BCUT2D eigenvalue weighted by Gasteiger charge is -1.92. The molecule has 1 heterocycles. The molecule has 1 aliphatic heterocycles. The van der Waals surface area contributed by atoms with Crippen LogP contribution in [0.2, 0.25) is 0 Å². The topological polar surface area (TPSA) is 72.7 Å². The molecule has 0 aromatic heterocycles. The van der Waals surface area contributed by atoms with Crippen molar-refractivity contribution in [1.29, 1.82) is 0 Å². The lowest BCUT2D eigenvalue weighted by atomic mass is 10.1. The number of nitrogens with two attached hydrogens (primary N) is 1. The zero-order valence-corrected chi connectivity index (χ0v) is 9.39. The van der Waals surface area contributed by atoms with Gasteiger partial charge in [-0.15, -0.1) is 0 Å². The van der Waals surface area contributed by atoms with Crippen LogP contribution < -0.4 is 5.73 Å². The number of primary amides is 1. The third kappa shape index (κ3) is 3.98. The number of carbonyl (C=O) groups is 2. The molecule has 1 fully saturated rings. The molecule has 0 spiro atoms. The number of rotatable bonds is 7. The van der Waals surface area contributed by atoms with Crippen molar-refractivity contribution in [2.75, 3.05) is 0 Å². The van der Waals surface area contributed by atoms with E-state index < -0.39 is 18.1 Å². The molecule has 2 atom stereocenters. The van der Waals surface area contributed by atoms with Crippen molar-refractivity contribution in [2.45, 2.75) is 38.4 Å². The Bertz CT molecular complexity index is 320. The van der Waals surface area contributed by atoms with E-state index in [0.717, 1.165) is 6.42 Å². The number of hydrogen-bond donors (Lipinski definition) is 1. The van der Waals surface area contributed by atoms with Crippen molar-refractivity contribution in [3.05, 3.63) is 24.3 Å². The first kappa shape index (κ1) is 12.6. The van der Waals surface area contributed by atoms with Crippen LogP contribution in [-0.4, -0.2) is 23.9 Å². The van der Waals surface area contributed by atoms with E-state index in [1.807, 2.05) is 31.2 Å². The maximum atomic E-state index is 11.4. The number of ketones is 1. The van der Waals surface area contributed by atoms with Crippen molar-refractivity contribution in [2.24, 2.45) is 5.73 Å². The zero-order chi connectivity index (χ0) is 12.0. The predicted molar refractivity (Wildman–Crippen MR) is 60.7 cm³/mol. The monoisotopic (exact) mass is 223 g/mol. The smallest absolute Gasteiger partial charge is 0.249 e. The van der Waals surface area contributed by atoms with Gasteiger partial charge in [-0.3, -0.25) is 9.59 Å². The lowest BCUT2D eigenvalue weighted by molar-refractivity contribution is -0.121. The van der Waals surface area contributed by atoms with Gasteiger partial charge in [-0.05, 0) is 19.8 Å². The minimum Gasteiger partial charge on any atom is -0.367 e. The van der Waals surface area contributed by atoms with E-state index in [0.29, 0.717) is 12.8 Å². The number of Topliss-reactive ketones (excluding diaryl/α,β-unsaturated/α-hetero) is 1. The molecular weight excluding hydrogens is 206 g/mol. The minimum atomic E-state index is -0.681. The Balaban J connectivity index is 2.12. The van der Waals surface area contributed by atoms with Crippen LogP contribution in [0.3, 0.4) is 0 Å². The molecule has 0 aromatic carbocycles. The van der Waals surface area contributed by atoms with Crippen LogP contribution in [0.1, 0.15) is 26.2 Å². The van der Waals surface area contributed by atoms with Crippen molar-refractivity contribution < 1.29 is 14.3 Å². The summed E-state index contributed by atoms with van der Waals surface area (Å²) < 4.78 is 4.88. The highest BCUT2D eigenvalue weighted by molar-refractivity contribution is 5.95. The highest BCUT2D eigenvalue weighted by Crippen LogP contribution is 2.24. The van der Waals surface area contributed by atoms with E-state index in [1.54, 1.807) is 0 Å². The Morgan fingerprint density at radius 3 is 2.56 bits per heavy atom. The number of carbonyl (C=O) groups excluding carboxylic acids is 2. The van der Waals surface area contributed by atoms with Crippen LogP contribution in [0.5, 0.6) is 0 Å². The van der Waals surface area contributed by atoms with Gasteiger partial charge in [-0.1, -0.05) is 24.3 Å². The molecule has 4 heteroatoms. The standard InChI is InChI=1S/C12H17NO3/c1-2-3-4-5-6-7-8-9(14)10-11(16-10)12(13)15/h2-3,5-6,10-11H,4,7-8H2,1H3,(H2,13,15)/b3-2-,6-5-/t10-,11+/m1/s1. The summed E-state index contributed by atoms with van der Waals surface area (Å²) in [6.07, 6.45) is 8.68. The summed E-state index contributed by atoms with van der Waals surface area (Å²) in [6, 6.07) is 0. The number of epoxide rings is 1. The van der Waals surface area contributed by atoms with Gasteiger partial charge in [-0.2, -0.15) is 0 Å². The normalized spacial score (nSPS) is 24.1. The van der Waals surface area contributed by atoms with Gasteiger partial charge in [0.2, 0.25) is 5.91 Å². The van der Waals surface area contributed by atoms with Crippen molar-refractivity contribution >= 4 is 11.7 Å². The van der Waals surface area contributed by atoms with Crippen molar-refractivity contribution in [1.82, 2.24) is 0 Å². The summed E-state index contributed by atoms with van der Waals surface area (Å²) in [7, 11) is 0. The van der Waals surface area contributed by atoms with E-state index in [9.17, 15) is 9.59 Å². The van der Waals surface area contributed by atoms with Gasteiger partial charge in [0.25, 0.3) is 0 Å². The van der Waals surface area contributed by atoms with Crippen LogP contribution >= 0.6 is 0 Å². The number of allylic oxidation sites excluding steroid dienone is 4. The fourth-order valence-corrected chi connectivity index (χ4v) is 1.37. The summed E-state index contributed by atoms with van der Waals surface area (Å²) in [5, 5.41) is 0. The second kappa shape index (κ2) is 6.23. The van der Waals surface area contributed by atoms with Gasteiger partial charge < -0.3 is 10.5 Å². The highest BCUT2D eigenvalue weighted by atomic mass is 16.6. The van der Waals surface area contributed by atoms with Gasteiger partial charge >= 0.3 is 0 Å². The number of hydrogen-bond acceptors (Lipinski definition) is 3. The van der Waals surface area contributed by atoms with Crippen molar-refractivity contribution in [3.63, 3.8) is 0 Å². The van der Waals surface area contributed by atoms with Crippen LogP contribution in [0.4, 0.5) is 0 Å². The molecular formula is C12H17NO3. The van der Waals surface area contributed by atoms with E-state index in [2.05, 4.69) is 0 Å². The first-order valence-corrected chi connectivity index (χ1v) is 5.40. The van der Waals surface area contributed by atoms with Gasteiger partial charge in [-0.25, -0.2) is 0 Å². The van der Waals surface area contributed by atoms with E-state index in [4.69, 9.17) is 10.5 Å². The third-order valence-electron chi connectivity index (χ3n) is 2.32. The third-order valence-corrected chi connectivity index (χ3v) is 2.32. The molecule has 0 aliphatic carbocycles. The Morgan fingerprint density at radius 2 is 2.00 bits per heavy atom. The highest BCUT2D eigenvalue weighted by Gasteiger charge is 2.48. The average Bonchev–Trinajstić information content (AvgIpc) is 3.02. The summed E-state index contributed by atoms with van der Waals surface area (Å²) in [6.45, 7) is 1.96. The molecule has 0 saturated carbocycles. The van der Waals surface area contributed by atoms with Crippen LogP contribution in [-0.2, 0) is 14.3 Å². The first-order chi connectivity index (χ1) is 7.66. The second-order valence-electron chi connectivity index (χ2n) is 3.66. The fraction of sp³-hybridized carbons (Fsp3) is 0.500. The Kier molecular flexibility index (Phi) is 4.92. The molecule has 2 N–H and O–H groups in total. The Hall–Kier alpha value is -1.42. The molecule has 0 bridgehead atoms. The minimum absolute atomic E-state index is 0.0421. The Labute approximate surface area is 95.1 Å². The van der Waals surface area contributed by atoms with Gasteiger partial charge in [0.15, 0.2) is 18.0 Å².